The van der Waals surface area contributed by atoms with Crippen LogP contribution in [-0.2, 0) is 17.8 Å². The largest absolute Gasteiger partial charge is 0.497 e. The summed E-state index contributed by atoms with van der Waals surface area (Å²) in [6.07, 6.45) is 5.51. The summed E-state index contributed by atoms with van der Waals surface area (Å²) >= 11 is 0. The molecule has 0 saturated heterocycles. The second kappa shape index (κ2) is 6.48. The van der Waals surface area contributed by atoms with Gasteiger partial charge in [-0.15, -0.1) is 6.58 Å². The van der Waals surface area contributed by atoms with Crippen LogP contribution in [0, 0.1) is 0 Å². The van der Waals surface area contributed by atoms with E-state index < -0.39 is 0 Å². The van der Waals surface area contributed by atoms with E-state index >= 15 is 0 Å². The summed E-state index contributed by atoms with van der Waals surface area (Å²) in [6.45, 7) is 8.00. The molecule has 0 spiro atoms. The Labute approximate surface area is 131 Å². The van der Waals surface area contributed by atoms with Gasteiger partial charge in [-0.25, -0.2) is 0 Å². The first-order valence-electron chi connectivity index (χ1n) is 7.60. The molecule has 0 saturated carbocycles. The Balaban J connectivity index is 2.17. The van der Waals surface area contributed by atoms with Crippen LogP contribution in [0.3, 0.4) is 0 Å². The van der Waals surface area contributed by atoms with E-state index in [2.05, 4.69) is 61.7 Å². The molecule has 0 N–H and O–H groups in total. The molecular weight excluding hydrogens is 268 g/mol. The number of hydrogen-bond donors (Lipinski definition) is 0. The first kappa shape index (κ1) is 14.4. The number of rotatable bonds is 6. The molecule has 3 rings (SSSR count). The molecule has 0 amide bonds. The zero-order chi connectivity index (χ0) is 15.4. The molecule has 0 atom stereocenters. The van der Waals surface area contributed by atoms with Gasteiger partial charge in [0.25, 0.3) is 0 Å². The van der Waals surface area contributed by atoms with E-state index in [0.29, 0.717) is 6.61 Å². The lowest BCUT2D eigenvalue weighted by atomic mass is 9.95. The third kappa shape index (κ3) is 2.75. The quantitative estimate of drug-likeness (QED) is 0.318. The van der Waals surface area contributed by atoms with E-state index in [1.165, 1.54) is 38.9 Å². The van der Waals surface area contributed by atoms with E-state index in [0.717, 1.165) is 12.8 Å². The Bertz CT molecular complexity index is 758. The first-order valence-corrected chi connectivity index (χ1v) is 7.60. The molecule has 1 heteroatoms. The van der Waals surface area contributed by atoms with Gasteiger partial charge in [0.2, 0.25) is 0 Å². The molecule has 0 aromatic heterocycles. The van der Waals surface area contributed by atoms with Gasteiger partial charge < -0.3 is 4.74 Å². The Morgan fingerprint density at radius 2 is 1.50 bits per heavy atom. The molecule has 0 aliphatic rings. The molecule has 22 heavy (non-hydrogen) atoms. The van der Waals surface area contributed by atoms with Gasteiger partial charge in [-0.3, -0.25) is 0 Å². The van der Waals surface area contributed by atoms with Crippen molar-refractivity contribution in [3.8, 4) is 0 Å². The lowest BCUT2D eigenvalue weighted by molar-refractivity contribution is 0.239. The van der Waals surface area contributed by atoms with Crippen LogP contribution in [0.5, 0.6) is 0 Å². The highest BCUT2D eigenvalue weighted by Crippen LogP contribution is 2.28. The van der Waals surface area contributed by atoms with Gasteiger partial charge in [-0.2, -0.15) is 0 Å². The average Bonchev–Trinajstić information content (AvgIpc) is 2.56. The van der Waals surface area contributed by atoms with Crippen LogP contribution < -0.4 is 0 Å². The highest BCUT2D eigenvalue weighted by molar-refractivity contribution is 6.00. The molecule has 0 aliphatic heterocycles. The van der Waals surface area contributed by atoms with Crippen molar-refractivity contribution in [3.05, 3.63) is 85.2 Å². The van der Waals surface area contributed by atoms with Crippen LogP contribution >= 0.6 is 0 Å². The summed E-state index contributed by atoms with van der Waals surface area (Å²) in [7, 11) is 0. The Hall–Kier alpha value is -2.54. The van der Waals surface area contributed by atoms with Crippen molar-refractivity contribution < 1.29 is 4.74 Å². The maximum absolute atomic E-state index is 5.37. The van der Waals surface area contributed by atoms with E-state index in [9.17, 15) is 0 Å². The van der Waals surface area contributed by atoms with Crippen molar-refractivity contribution in [2.24, 2.45) is 0 Å². The van der Waals surface area contributed by atoms with E-state index in [-0.39, 0.29) is 0 Å². The van der Waals surface area contributed by atoms with Crippen LogP contribution in [0.15, 0.2) is 74.0 Å². The van der Waals surface area contributed by atoms with Crippen molar-refractivity contribution in [2.45, 2.75) is 19.4 Å². The first-order chi connectivity index (χ1) is 10.8. The predicted octanol–water partition coefficient (Wildman–Crippen LogP) is 5.77. The minimum atomic E-state index is 0.558. The predicted molar refractivity (Wildman–Crippen MR) is 95.0 cm³/mol. The minimum Gasteiger partial charge on any atom is -0.497 e. The second-order valence-corrected chi connectivity index (χ2v) is 5.43. The molecule has 110 valence electrons. The zero-order valence-electron chi connectivity index (χ0n) is 12.7. The molecule has 0 fully saturated rings. The molecule has 1 nitrogen and oxygen atoms in total. The summed E-state index contributed by atoms with van der Waals surface area (Å²) in [5.74, 6) is 0. The fourth-order valence-electron chi connectivity index (χ4n) is 2.93. The van der Waals surface area contributed by atoms with Crippen molar-refractivity contribution >= 4 is 21.5 Å². The normalized spacial score (nSPS) is 10.7. The second-order valence-electron chi connectivity index (χ2n) is 5.43. The Morgan fingerprint density at radius 3 is 2.14 bits per heavy atom. The Morgan fingerprint density at radius 1 is 0.864 bits per heavy atom. The number of ether oxygens (including phenoxy) is 1. The summed E-state index contributed by atoms with van der Waals surface area (Å²) in [5, 5.41) is 5.11. The van der Waals surface area contributed by atoms with Crippen LogP contribution in [0.1, 0.15) is 17.5 Å². The van der Waals surface area contributed by atoms with Crippen LogP contribution in [0.2, 0.25) is 0 Å². The van der Waals surface area contributed by atoms with Gasteiger partial charge in [0.1, 0.15) is 6.61 Å². The molecule has 3 aromatic carbocycles. The maximum Gasteiger partial charge on any atom is 0.113 e. The molecule has 0 bridgehead atoms. The van der Waals surface area contributed by atoms with Gasteiger partial charge in [0, 0.05) is 0 Å². The monoisotopic (exact) mass is 288 g/mol. The molecule has 3 aromatic rings. The number of allylic oxidation sites excluding steroid dienone is 1. The summed E-state index contributed by atoms with van der Waals surface area (Å²) in [5.41, 5.74) is 2.57. The number of fused-ring (bicyclic) bond motifs is 2. The van der Waals surface area contributed by atoms with Crippen molar-refractivity contribution in [1.82, 2.24) is 0 Å². The van der Waals surface area contributed by atoms with Crippen molar-refractivity contribution in [1.29, 1.82) is 0 Å². The summed E-state index contributed by atoms with van der Waals surface area (Å²) < 4.78 is 5.37. The highest BCUT2D eigenvalue weighted by Gasteiger charge is 2.06. The fourth-order valence-corrected chi connectivity index (χ4v) is 2.93. The Kier molecular flexibility index (Phi) is 4.24. The standard InChI is InChI=1S/C21H20O/c1-3-5-8-16-9-6-10-17-14-21-18(13-20(16)17)11-7-12-19(21)15-22-4-2/h3-4,6-7,9-14H,1-2,5,8,15H2. The summed E-state index contributed by atoms with van der Waals surface area (Å²) in [4.78, 5) is 0. The topological polar surface area (TPSA) is 9.23 Å². The van der Waals surface area contributed by atoms with Crippen LogP contribution in [-0.4, -0.2) is 0 Å². The smallest absolute Gasteiger partial charge is 0.113 e. The average molecular weight is 288 g/mol. The van der Waals surface area contributed by atoms with Gasteiger partial charge >= 0.3 is 0 Å². The maximum atomic E-state index is 5.37. The number of hydrogen-bond acceptors (Lipinski definition) is 1. The van der Waals surface area contributed by atoms with Crippen molar-refractivity contribution in [3.63, 3.8) is 0 Å². The summed E-state index contributed by atoms with van der Waals surface area (Å²) in [6, 6.07) is 17.4. The molecule has 0 unspecified atom stereocenters. The van der Waals surface area contributed by atoms with Gasteiger partial charge in [0.15, 0.2) is 0 Å². The van der Waals surface area contributed by atoms with Gasteiger partial charge in [0.05, 0.1) is 6.26 Å². The van der Waals surface area contributed by atoms with E-state index in [1.807, 2.05) is 6.08 Å². The highest BCUT2D eigenvalue weighted by atomic mass is 16.5. The molecule has 0 radical (unpaired) electrons. The number of aryl methyl sites for hydroxylation is 1. The SMILES string of the molecule is C=CCCc1cccc2cc3c(COC=C)cccc3cc12. The van der Waals surface area contributed by atoms with Crippen LogP contribution in [0.4, 0.5) is 0 Å². The van der Waals surface area contributed by atoms with E-state index in [1.54, 1.807) is 0 Å². The van der Waals surface area contributed by atoms with Gasteiger partial charge in [-0.05, 0) is 57.6 Å². The van der Waals surface area contributed by atoms with Crippen LogP contribution in [0.25, 0.3) is 21.5 Å². The molecule has 0 heterocycles. The zero-order valence-corrected chi connectivity index (χ0v) is 12.7. The lowest BCUT2D eigenvalue weighted by Crippen LogP contribution is -1.91. The fraction of sp³-hybridized carbons (Fsp3) is 0.143. The van der Waals surface area contributed by atoms with Gasteiger partial charge in [-0.1, -0.05) is 49.1 Å². The van der Waals surface area contributed by atoms with Crippen molar-refractivity contribution in [2.75, 3.05) is 0 Å². The third-order valence-corrected chi connectivity index (χ3v) is 4.03. The lowest BCUT2D eigenvalue weighted by Gasteiger charge is -2.11. The van der Waals surface area contributed by atoms with E-state index in [4.69, 9.17) is 4.74 Å². The third-order valence-electron chi connectivity index (χ3n) is 4.03. The molecule has 0 aliphatic carbocycles. The number of benzene rings is 3. The molecular formula is C21H20O. The minimum absolute atomic E-state index is 0.558.